The van der Waals surface area contributed by atoms with Crippen molar-refractivity contribution in [1.29, 1.82) is 0 Å². The summed E-state index contributed by atoms with van der Waals surface area (Å²) in [6.45, 7) is 5.28. The molecular weight excluding hydrogens is 683 g/mol. The number of ketones is 1. The number of alkyl carbamates (subject to hydrolysis) is 1. The standard InChI is InChI=1S/C36H47FN4O9S/c1-35(2,3)50-33(45)38-28-10-8-6-4-5-7-9-24-17-36(24,30(42)21-51(47,48)27-13-14-27)39-31(43)29-16-26(20-41(29)32(28)44)49-34(46)40-18-22-11-12-25(37)15-23(22)19-40/h7,9,11-12,15,24,26-29H,4-6,8,10,13-14,16-21H2,1-3H3,(H,38,45)(H,39,43)/b9-7-/t24-,26-,28+,29+,36-/m1/s1. The number of amides is 4. The quantitative estimate of drug-likeness (QED) is 0.415. The molecule has 6 rings (SSSR count). The number of hydrogen-bond acceptors (Lipinski definition) is 9. The summed E-state index contributed by atoms with van der Waals surface area (Å²) in [7, 11) is -3.67. The molecule has 3 aliphatic heterocycles. The number of benzene rings is 1. The molecule has 2 N–H and O–H groups in total. The Morgan fingerprint density at radius 1 is 1.06 bits per heavy atom. The van der Waals surface area contributed by atoms with E-state index in [0.717, 1.165) is 18.4 Å². The molecule has 0 radical (unpaired) electrons. The second-order valence-corrected chi connectivity index (χ2v) is 17.8. The number of rotatable bonds is 6. The molecule has 13 nitrogen and oxygen atoms in total. The number of ether oxygens (including phenoxy) is 2. The van der Waals surface area contributed by atoms with Gasteiger partial charge in [-0.2, -0.15) is 0 Å². The SMILES string of the molecule is CC(C)(C)OC(=O)N[C@H]1CCCCC/C=C\[C@@H]2C[C@@]2(C(=O)CS(=O)(=O)C2CC2)NC(=O)[C@@H]2C[C@@H](OC(=O)N3Cc4ccc(F)cc4C3)CN2C1=O. The van der Waals surface area contributed by atoms with Gasteiger partial charge in [0, 0.05) is 25.4 Å². The third-order valence-electron chi connectivity index (χ3n) is 10.2. The molecule has 5 atom stereocenters. The molecule has 278 valence electrons. The number of Topliss-reactive ketones (excluding diaryl/α,β-unsaturated/α-hetero) is 1. The maximum Gasteiger partial charge on any atom is 0.410 e. The lowest BCUT2D eigenvalue weighted by Gasteiger charge is -2.30. The molecule has 1 saturated heterocycles. The maximum atomic E-state index is 14.3. The smallest absolute Gasteiger partial charge is 0.410 e. The normalized spacial score (nSPS) is 29.0. The number of sulfone groups is 1. The highest BCUT2D eigenvalue weighted by atomic mass is 32.2. The van der Waals surface area contributed by atoms with E-state index in [0.29, 0.717) is 31.2 Å². The summed E-state index contributed by atoms with van der Waals surface area (Å²) in [5, 5.41) is 4.98. The summed E-state index contributed by atoms with van der Waals surface area (Å²) >= 11 is 0. The lowest BCUT2D eigenvalue weighted by Crippen LogP contribution is -2.57. The van der Waals surface area contributed by atoms with Crippen molar-refractivity contribution < 1.29 is 46.3 Å². The van der Waals surface area contributed by atoms with Crippen molar-refractivity contribution in [2.45, 2.75) is 126 Å². The zero-order valence-electron chi connectivity index (χ0n) is 29.3. The maximum absolute atomic E-state index is 14.3. The van der Waals surface area contributed by atoms with Gasteiger partial charge in [-0.15, -0.1) is 0 Å². The van der Waals surface area contributed by atoms with E-state index < -0.39 is 91.7 Å². The van der Waals surface area contributed by atoms with E-state index in [2.05, 4.69) is 10.6 Å². The van der Waals surface area contributed by atoms with E-state index in [4.69, 9.17) is 9.47 Å². The molecule has 51 heavy (non-hydrogen) atoms. The van der Waals surface area contributed by atoms with Crippen LogP contribution in [-0.4, -0.2) is 94.9 Å². The zero-order valence-corrected chi connectivity index (χ0v) is 30.1. The first-order valence-electron chi connectivity index (χ1n) is 17.8. The van der Waals surface area contributed by atoms with Gasteiger partial charge in [0.2, 0.25) is 11.8 Å². The van der Waals surface area contributed by atoms with Gasteiger partial charge in [0.25, 0.3) is 0 Å². The molecule has 4 amide bonds. The van der Waals surface area contributed by atoms with E-state index in [9.17, 15) is 36.8 Å². The van der Waals surface area contributed by atoms with Crippen LogP contribution in [0.2, 0.25) is 0 Å². The zero-order chi connectivity index (χ0) is 36.7. The fourth-order valence-electron chi connectivity index (χ4n) is 7.25. The fourth-order valence-corrected chi connectivity index (χ4v) is 8.97. The van der Waals surface area contributed by atoms with Crippen LogP contribution in [0.15, 0.2) is 30.4 Å². The third-order valence-corrected chi connectivity index (χ3v) is 12.4. The highest BCUT2D eigenvalue weighted by molar-refractivity contribution is 7.93. The summed E-state index contributed by atoms with van der Waals surface area (Å²) in [5.74, 6) is -3.34. The van der Waals surface area contributed by atoms with Crippen molar-refractivity contribution in [3.8, 4) is 0 Å². The Bertz CT molecular complexity index is 1720. The van der Waals surface area contributed by atoms with Gasteiger partial charge in [0.15, 0.2) is 15.6 Å². The molecule has 0 aromatic heterocycles. The number of halogens is 1. The predicted octanol–water partition coefficient (Wildman–Crippen LogP) is 3.68. The van der Waals surface area contributed by atoms with Crippen LogP contribution in [0.4, 0.5) is 14.0 Å². The Morgan fingerprint density at radius 3 is 2.53 bits per heavy atom. The van der Waals surface area contributed by atoms with E-state index >= 15 is 0 Å². The van der Waals surface area contributed by atoms with Gasteiger partial charge in [0.1, 0.15) is 40.9 Å². The first kappa shape index (κ1) is 36.8. The molecule has 0 unspecified atom stereocenters. The molecule has 1 aromatic carbocycles. The molecule has 2 aliphatic carbocycles. The van der Waals surface area contributed by atoms with Crippen LogP contribution in [0, 0.1) is 11.7 Å². The fraction of sp³-hybridized carbons (Fsp3) is 0.639. The average molecular weight is 731 g/mol. The van der Waals surface area contributed by atoms with Crippen LogP contribution in [0.3, 0.4) is 0 Å². The Hall–Kier alpha value is -4.01. The van der Waals surface area contributed by atoms with Gasteiger partial charge in [-0.05, 0) is 82.6 Å². The van der Waals surface area contributed by atoms with Gasteiger partial charge < -0.3 is 25.0 Å². The van der Waals surface area contributed by atoms with Crippen LogP contribution in [0.25, 0.3) is 0 Å². The number of nitrogens with one attached hydrogen (secondary N) is 2. The van der Waals surface area contributed by atoms with E-state index in [1.807, 2.05) is 12.2 Å². The minimum atomic E-state index is -3.67. The Balaban J connectivity index is 1.25. The number of nitrogens with zero attached hydrogens (tertiary/aromatic N) is 2. The highest BCUT2D eigenvalue weighted by Crippen LogP contribution is 2.47. The van der Waals surface area contributed by atoms with Crippen LogP contribution < -0.4 is 10.6 Å². The molecule has 0 spiro atoms. The van der Waals surface area contributed by atoms with Crippen LogP contribution in [0.5, 0.6) is 0 Å². The Labute approximate surface area is 297 Å². The number of carbonyl (C=O) groups is 5. The minimum absolute atomic E-state index is 0.0942. The van der Waals surface area contributed by atoms with E-state index in [1.165, 1.54) is 21.9 Å². The molecule has 1 aromatic rings. The second kappa shape index (κ2) is 14.2. The van der Waals surface area contributed by atoms with Gasteiger partial charge in [0.05, 0.1) is 11.8 Å². The largest absolute Gasteiger partial charge is 0.444 e. The van der Waals surface area contributed by atoms with Crippen molar-refractivity contribution in [3.05, 3.63) is 47.3 Å². The lowest BCUT2D eigenvalue weighted by atomic mass is 10.0. The summed E-state index contributed by atoms with van der Waals surface area (Å²) in [6.07, 6.45) is 5.59. The van der Waals surface area contributed by atoms with Gasteiger partial charge in [-0.25, -0.2) is 22.4 Å². The first-order valence-corrected chi connectivity index (χ1v) is 19.5. The third kappa shape index (κ3) is 8.56. The molecular formula is C36H47FN4O9S. The molecule has 0 bridgehead atoms. The summed E-state index contributed by atoms with van der Waals surface area (Å²) in [5.41, 5.74) is -0.832. The van der Waals surface area contributed by atoms with Crippen LogP contribution in [-0.2, 0) is 46.8 Å². The van der Waals surface area contributed by atoms with Crippen molar-refractivity contribution in [3.63, 3.8) is 0 Å². The van der Waals surface area contributed by atoms with Gasteiger partial charge in [-0.3, -0.25) is 19.3 Å². The van der Waals surface area contributed by atoms with E-state index in [-0.39, 0.29) is 38.9 Å². The number of fused-ring (bicyclic) bond motifs is 3. The molecule has 5 aliphatic rings. The number of carbonyl (C=O) groups excluding carboxylic acids is 5. The molecule has 3 fully saturated rings. The monoisotopic (exact) mass is 730 g/mol. The highest BCUT2D eigenvalue weighted by Gasteiger charge is 2.61. The first-order chi connectivity index (χ1) is 24.0. The van der Waals surface area contributed by atoms with E-state index in [1.54, 1.807) is 26.8 Å². The molecule has 3 heterocycles. The van der Waals surface area contributed by atoms with Crippen LogP contribution >= 0.6 is 0 Å². The predicted molar refractivity (Wildman–Crippen MR) is 182 cm³/mol. The molecule has 2 saturated carbocycles. The van der Waals surface area contributed by atoms with Crippen molar-refractivity contribution in [2.75, 3.05) is 12.3 Å². The Morgan fingerprint density at radius 2 is 1.80 bits per heavy atom. The Kier molecular flexibility index (Phi) is 10.2. The average Bonchev–Trinajstić information content (AvgIpc) is 3.93. The van der Waals surface area contributed by atoms with Gasteiger partial charge >= 0.3 is 12.2 Å². The summed E-state index contributed by atoms with van der Waals surface area (Å²) < 4.78 is 50.8. The number of hydrogen-bond donors (Lipinski definition) is 2. The lowest BCUT2D eigenvalue weighted by molar-refractivity contribution is -0.141. The van der Waals surface area contributed by atoms with Gasteiger partial charge in [-0.1, -0.05) is 31.1 Å². The van der Waals surface area contributed by atoms with Crippen molar-refractivity contribution in [1.82, 2.24) is 20.4 Å². The summed E-state index contributed by atoms with van der Waals surface area (Å²) in [6, 6.07) is 2.05. The van der Waals surface area contributed by atoms with Crippen LogP contribution in [0.1, 0.15) is 89.7 Å². The summed E-state index contributed by atoms with van der Waals surface area (Å²) in [4.78, 5) is 71.1. The second-order valence-electron chi connectivity index (χ2n) is 15.5. The number of allylic oxidation sites excluding steroid dienone is 1. The topological polar surface area (TPSA) is 168 Å². The van der Waals surface area contributed by atoms with Crippen molar-refractivity contribution in [2.24, 2.45) is 5.92 Å². The van der Waals surface area contributed by atoms with Crippen molar-refractivity contribution >= 4 is 39.6 Å². The molecule has 15 heteroatoms. The minimum Gasteiger partial charge on any atom is -0.444 e.